The van der Waals surface area contributed by atoms with E-state index in [4.69, 9.17) is 4.42 Å². The Morgan fingerprint density at radius 3 is 2.31 bits per heavy atom. The van der Waals surface area contributed by atoms with E-state index in [1.54, 1.807) is 0 Å². The maximum atomic E-state index is 12.5. The molecule has 1 amide bonds. The van der Waals surface area contributed by atoms with Crippen LogP contribution in [0, 0.1) is 20.8 Å². The second-order valence-electron chi connectivity index (χ2n) is 8.08. The summed E-state index contributed by atoms with van der Waals surface area (Å²) < 4.78 is 7.82. The molecule has 2 aromatic carbocycles. The summed E-state index contributed by atoms with van der Waals surface area (Å²) in [5.41, 5.74) is 6.13. The zero-order valence-electron chi connectivity index (χ0n) is 19.0. The van der Waals surface area contributed by atoms with Gasteiger partial charge in [-0.3, -0.25) is 9.48 Å². The van der Waals surface area contributed by atoms with Crippen LogP contribution in [-0.2, 0) is 6.54 Å². The number of nitrogens with one attached hydrogen (secondary N) is 1. The van der Waals surface area contributed by atoms with Crippen molar-refractivity contribution in [3.63, 3.8) is 0 Å². The van der Waals surface area contributed by atoms with Crippen LogP contribution >= 0.6 is 0 Å². The van der Waals surface area contributed by atoms with E-state index in [-0.39, 0.29) is 5.91 Å². The van der Waals surface area contributed by atoms with E-state index in [1.165, 1.54) is 0 Å². The van der Waals surface area contributed by atoms with Crippen LogP contribution in [0.15, 0.2) is 59.0 Å². The minimum Gasteiger partial charge on any atom is -0.441 e. The van der Waals surface area contributed by atoms with E-state index in [9.17, 15) is 4.79 Å². The number of oxazole rings is 1. The van der Waals surface area contributed by atoms with Gasteiger partial charge < -0.3 is 14.6 Å². The molecule has 4 aromatic rings. The number of benzene rings is 2. The van der Waals surface area contributed by atoms with Crippen molar-refractivity contribution in [2.45, 2.75) is 27.3 Å². The third kappa shape index (κ3) is 4.56. The highest BCUT2D eigenvalue weighted by molar-refractivity contribution is 6.04. The van der Waals surface area contributed by atoms with Gasteiger partial charge in [0, 0.05) is 42.3 Å². The van der Waals surface area contributed by atoms with Crippen molar-refractivity contribution in [1.29, 1.82) is 0 Å². The first-order chi connectivity index (χ1) is 15.3. The number of aryl methyl sites for hydroxylation is 3. The third-order valence-corrected chi connectivity index (χ3v) is 5.33. The van der Waals surface area contributed by atoms with E-state index in [0.717, 1.165) is 34.1 Å². The lowest BCUT2D eigenvalue weighted by Gasteiger charge is -2.12. The fourth-order valence-corrected chi connectivity index (χ4v) is 3.49. The molecule has 0 radical (unpaired) electrons. The number of aromatic nitrogens is 3. The van der Waals surface area contributed by atoms with Gasteiger partial charge in [0.25, 0.3) is 5.91 Å². The summed E-state index contributed by atoms with van der Waals surface area (Å²) in [6, 6.07) is 17.0. The van der Waals surface area contributed by atoms with Gasteiger partial charge in [0.2, 0.25) is 5.89 Å². The minimum atomic E-state index is -0.151. The third-order valence-electron chi connectivity index (χ3n) is 5.33. The zero-order chi connectivity index (χ0) is 22.8. The number of nitrogens with zero attached hydrogens (tertiary/aromatic N) is 4. The highest BCUT2D eigenvalue weighted by Crippen LogP contribution is 2.24. The molecule has 0 bridgehead atoms. The highest BCUT2D eigenvalue weighted by Gasteiger charge is 2.14. The predicted molar refractivity (Wildman–Crippen MR) is 126 cm³/mol. The van der Waals surface area contributed by atoms with Crippen molar-refractivity contribution < 1.29 is 9.21 Å². The number of amides is 1. The van der Waals surface area contributed by atoms with Gasteiger partial charge in [-0.2, -0.15) is 5.10 Å². The van der Waals surface area contributed by atoms with Crippen LogP contribution in [0.3, 0.4) is 0 Å². The van der Waals surface area contributed by atoms with Gasteiger partial charge in [-0.1, -0.05) is 0 Å². The Morgan fingerprint density at radius 2 is 1.72 bits per heavy atom. The number of hydrogen-bond acceptors (Lipinski definition) is 5. The Labute approximate surface area is 187 Å². The molecule has 2 aromatic heterocycles. The lowest BCUT2D eigenvalue weighted by Crippen LogP contribution is -2.13. The first kappa shape index (κ1) is 21.4. The molecule has 1 N–H and O–H groups in total. The molecule has 164 valence electrons. The van der Waals surface area contributed by atoms with E-state index in [2.05, 4.69) is 15.4 Å². The quantitative estimate of drug-likeness (QED) is 0.475. The molecule has 0 aliphatic carbocycles. The van der Waals surface area contributed by atoms with Crippen LogP contribution in [0.25, 0.3) is 11.5 Å². The zero-order valence-corrected chi connectivity index (χ0v) is 19.0. The van der Waals surface area contributed by atoms with E-state index >= 15 is 0 Å². The van der Waals surface area contributed by atoms with Crippen molar-refractivity contribution in [3.05, 3.63) is 83.0 Å². The summed E-state index contributed by atoms with van der Waals surface area (Å²) in [7, 11) is 3.93. The molecular formula is C25H27N5O2. The molecule has 0 spiro atoms. The van der Waals surface area contributed by atoms with E-state index in [1.807, 2.05) is 99.0 Å². The molecule has 0 aliphatic heterocycles. The van der Waals surface area contributed by atoms with Crippen molar-refractivity contribution >= 4 is 17.3 Å². The Hall–Kier alpha value is -3.87. The van der Waals surface area contributed by atoms with Gasteiger partial charge in [-0.15, -0.1) is 0 Å². The maximum Gasteiger partial charge on any atom is 0.255 e. The normalized spacial score (nSPS) is 10.9. The number of carbonyl (C=O) groups is 1. The molecule has 0 unspecified atom stereocenters. The predicted octanol–water partition coefficient (Wildman–Crippen LogP) is 4.83. The summed E-state index contributed by atoms with van der Waals surface area (Å²) in [5.74, 6) is 1.17. The maximum absolute atomic E-state index is 12.5. The van der Waals surface area contributed by atoms with Crippen LogP contribution in [0.5, 0.6) is 0 Å². The highest BCUT2D eigenvalue weighted by atomic mass is 16.4. The Morgan fingerprint density at radius 1 is 1.03 bits per heavy atom. The lowest BCUT2D eigenvalue weighted by molar-refractivity contribution is 0.102. The number of hydrogen-bond donors (Lipinski definition) is 1. The number of carbonyl (C=O) groups excluding carboxylic acids is 1. The standard InChI is InChI=1S/C25H27N5O2/c1-16-14-17(2)30(28-16)15-23-18(3)32-25(27-23)20-6-10-21(11-7-20)26-24(31)19-8-12-22(13-9-19)29(4)5/h6-14H,15H2,1-5H3,(H,26,31). The van der Waals surface area contributed by atoms with Crippen molar-refractivity contribution in [2.75, 3.05) is 24.3 Å². The Bertz CT molecular complexity index is 1230. The molecule has 7 nitrogen and oxygen atoms in total. The second-order valence-corrected chi connectivity index (χ2v) is 8.08. The van der Waals surface area contributed by atoms with E-state index in [0.29, 0.717) is 23.7 Å². The molecule has 0 saturated heterocycles. The van der Waals surface area contributed by atoms with Gasteiger partial charge in [0.05, 0.1) is 12.2 Å². The van der Waals surface area contributed by atoms with Gasteiger partial charge in [-0.25, -0.2) is 4.98 Å². The SMILES string of the molecule is Cc1cc(C)n(Cc2nc(-c3ccc(NC(=O)c4ccc(N(C)C)cc4)cc3)oc2C)n1. The summed E-state index contributed by atoms with van der Waals surface area (Å²) in [5, 5.41) is 7.43. The van der Waals surface area contributed by atoms with Crippen LogP contribution in [0.4, 0.5) is 11.4 Å². The van der Waals surface area contributed by atoms with Gasteiger partial charge in [0.15, 0.2) is 0 Å². The minimum absolute atomic E-state index is 0.151. The molecule has 32 heavy (non-hydrogen) atoms. The number of anilines is 2. The van der Waals surface area contributed by atoms with Gasteiger partial charge in [0.1, 0.15) is 11.5 Å². The van der Waals surface area contributed by atoms with E-state index < -0.39 is 0 Å². The molecule has 7 heteroatoms. The molecule has 0 atom stereocenters. The summed E-state index contributed by atoms with van der Waals surface area (Å²) in [4.78, 5) is 19.2. The molecule has 2 heterocycles. The smallest absolute Gasteiger partial charge is 0.255 e. The topological polar surface area (TPSA) is 76.2 Å². The Kier molecular flexibility index (Phi) is 5.81. The van der Waals surface area contributed by atoms with Crippen LogP contribution in [0.1, 0.15) is 33.2 Å². The van der Waals surface area contributed by atoms with Crippen molar-refractivity contribution in [2.24, 2.45) is 0 Å². The van der Waals surface area contributed by atoms with Crippen molar-refractivity contribution in [3.8, 4) is 11.5 Å². The molecule has 4 rings (SSSR count). The first-order valence-electron chi connectivity index (χ1n) is 10.5. The second kappa shape index (κ2) is 8.70. The van der Waals surface area contributed by atoms with Gasteiger partial charge in [-0.05, 0) is 75.4 Å². The monoisotopic (exact) mass is 429 g/mol. The Balaban J connectivity index is 1.45. The summed E-state index contributed by atoms with van der Waals surface area (Å²) in [6.45, 7) is 6.48. The van der Waals surface area contributed by atoms with Gasteiger partial charge >= 0.3 is 0 Å². The lowest BCUT2D eigenvalue weighted by atomic mass is 10.1. The van der Waals surface area contributed by atoms with Crippen molar-refractivity contribution in [1.82, 2.24) is 14.8 Å². The fourth-order valence-electron chi connectivity index (χ4n) is 3.49. The fraction of sp³-hybridized carbons (Fsp3) is 0.240. The largest absolute Gasteiger partial charge is 0.441 e. The number of rotatable bonds is 6. The average Bonchev–Trinajstić information content (AvgIpc) is 3.29. The molecular weight excluding hydrogens is 402 g/mol. The summed E-state index contributed by atoms with van der Waals surface area (Å²) >= 11 is 0. The molecule has 0 fully saturated rings. The first-order valence-corrected chi connectivity index (χ1v) is 10.5. The molecule has 0 saturated carbocycles. The van der Waals surface area contributed by atoms with Crippen LogP contribution in [0.2, 0.25) is 0 Å². The van der Waals surface area contributed by atoms with Crippen LogP contribution < -0.4 is 10.2 Å². The van der Waals surface area contributed by atoms with Crippen LogP contribution in [-0.4, -0.2) is 34.8 Å². The summed E-state index contributed by atoms with van der Waals surface area (Å²) in [6.07, 6.45) is 0. The molecule has 0 aliphatic rings. The average molecular weight is 430 g/mol.